The van der Waals surface area contributed by atoms with Crippen molar-refractivity contribution in [1.82, 2.24) is 10.2 Å². The summed E-state index contributed by atoms with van der Waals surface area (Å²) in [7, 11) is 1.55. The number of benzene rings is 2. The van der Waals surface area contributed by atoms with Gasteiger partial charge in [-0.1, -0.05) is 41.9 Å². The molecule has 1 unspecified atom stereocenters. The molecule has 5 nitrogen and oxygen atoms in total. The Morgan fingerprint density at radius 1 is 1.19 bits per heavy atom. The number of carbonyl (C=O) groups excluding carboxylic acids is 2. The van der Waals surface area contributed by atoms with E-state index in [0.717, 1.165) is 25.9 Å². The summed E-state index contributed by atoms with van der Waals surface area (Å²) in [5.74, 6) is -0.332. The first-order valence-electron chi connectivity index (χ1n) is 8.69. The molecule has 1 saturated heterocycles. The Morgan fingerprint density at radius 2 is 1.96 bits per heavy atom. The van der Waals surface area contributed by atoms with Gasteiger partial charge >= 0.3 is 0 Å². The number of anilines is 1. The van der Waals surface area contributed by atoms with Crippen LogP contribution in [0.4, 0.5) is 5.69 Å². The first-order chi connectivity index (χ1) is 12.6. The number of likely N-dealkylation sites (tertiary alicyclic amines) is 1. The molecule has 0 spiro atoms. The van der Waals surface area contributed by atoms with Crippen LogP contribution in [-0.4, -0.2) is 36.3 Å². The zero-order valence-electron chi connectivity index (χ0n) is 14.7. The molecule has 1 aliphatic rings. The van der Waals surface area contributed by atoms with Gasteiger partial charge in [-0.25, -0.2) is 0 Å². The number of nitrogens with zero attached hydrogens (tertiary/aromatic N) is 1. The van der Waals surface area contributed by atoms with E-state index in [4.69, 9.17) is 11.6 Å². The quantitative estimate of drug-likeness (QED) is 0.847. The minimum absolute atomic E-state index is 0.0522. The summed E-state index contributed by atoms with van der Waals surface area (Å²) in [4.78, 5) is 26.8. The third-order valence-electron chi connectivity index (χ3n) is 4.60. The van der Waals surface area contributed by atoms with Crippen LogP contribution in [0.5, 0.6) is 0 Å². The molecular weight excluding hydrogens is 350 g/mol. The van der Waals surface area contributed by atoms with Crippen molar-refractivity contribution < 1.29 is 9.59 Å². The van der Waals surface area contributed by atoms with Gasteiger partial charge in [-0.05, 0) is 43.1 Å². The van der Waals surface area contributed by atoms with E-state index in [1.807, 2.05) is 18.2 Å². The molecule has 0 radical (unpaired) electrons. The van der Waals surface area contributed by atoms with Gasteiger partial charge in [0.25, 0.3) is 5.91 Å². The van der Waals surface area contributed by atoms with E-state index in [9.17, 15) is 9.59 Å². The number of halogens is 1. The molecular formula is C20H22ClN3O2. The smallest absolute Gasteiger partial charge is 0.252 e. The highest BCUT2D eigenvalue weighted by Gasteiger charge is 2.30. The number of hydrogen-bond donors (Lipinski definition) is 2. The second kappa shape index (κ2) is 8.34. The second-order valence-corrected chi connectivity index (χ2v) is 6.78. The van der Waals surface area contributed by atoms with Crippen LogP contribution in [0.25, 0.3) is 0 Å². The number of rotatable bonds is 5. The summed E-state index contributed by atoms with van der Waals surface area (Å²) in [5, 5.41) is 5.83. The van der Waals surface area contributed by atoms with Gasteiger partial charge < -0.3 is 10.6 Å². The summed E-state index contributed by atoms with van der Waals surface area (Å²) in [6, 6.07) is 14.9. The maximum absolute atomic E-state index is 12.8. The van der Waals surface area contributed by atoms with Gasteiger partial charge in [-0.15, -0.1) is 0 Å². The highest BCUT2D eigenvalue weighted by molar-refractivity contribution is 6.34. The van der Waals surface area contributed by atoms with Gasteiger partial charge in [-0.2, -0.15) is 0 Å². The molecule has 2 amide bonds. The van der Waals surface area contributed by atoms with Crippen molar-refractivity contribution in [2.45, 2.75) is 25.4 Å². The molecule has 2 aromatic rings. The molecule has 26 heavy (non-hydrogen) atoms. The number of carbonyl (C=O) groups is 2. The Labute approximate surface area is 158 Å². The van der Waals surface area contributed by atoms with E-state index >= 15 is 0 Å². The molecule has 0 aromatic heterocycles. The van der Waals surface area contributed by atoms with Crippen molar-refractivity contribution in [2.24, 2.45) is 0 Å². The summed E-state index contributed by atoms with van der Waals surface area (Å²) in [6.07, 6.45) is 1.82. The molecule has 2 N–H and O–H groups in total. The first kappa shape index (κ1) is 18.4. The minimum atomic E-state index is -0.280. The van der Waals surface area contributed by atoms with E-state index in [1.165, 1.54) is 5.56 Å². The van der Waals surface area contributed by atoms with Gasteiger partial charge in [0, 0.05) is 19.3 Å². The van der Waals surface area contributed by atoms with E-state index in [0.29, 0.717) is 16.3 Å². The first-order valence-corrected chi connectivity index (χ1v) is 9.07. The fourth-order valence-corrected chi connectivity index (χ4v) is 3.47. The van der Waals surface area contributed by atoms with Crippen LogP contribution in [0, 0.1) is 0 Å². The van der Waals surface area contributed by atoms with Crippen molar-refractivity contribution in [1.29, 1.82) is 0 Å². The summed E-state index contributed by atoms with van der Waals surface area (Å²) < 4.78 is 0. The Hall–Kier alpha value is -2.37. The maximum Gasteiger partial charge on any atom is 0.252 e. The summed E-state index contributed by atoms with van der Waals surface area (Å²) in [6.45, 7) is 1.65. The fraction of sp³-hybridized carbons (Fsp3) is 0.300. The number of nitrogens with one attached hydrogen (secondary N) is 2. The minimum Gasteiger partial charge on any atom is -0.355 e. The zero-order chi connectivity index (χ0) is 18.5. The predicted molar refractivity (Wildman–Crippen MR) is 103 cm³/mol. The molecule has 3 rings (SSSR count). The highest BCUT2D eigenvalue weighted by Crippen LogP contribution is 2.24. The van der Waals surface area contributed by atoms with Gasteiger partial charge in [0.2, 0.25) is 5.91 Å². The summed E-state index contributed by atoms with van der Waals surface area (Å²) >= 11 is 6.07. The maximum atomic E-state index is 12.8. The lowest BCUT2D eigenvalue weighted by molar-refractivity contribution is -0.120. The van der Waals surface area contributed by atoms with E-state index in [1.54, 1.807) is 25.2 Å². The standard InChI is InChI=1S/C20H22ClN3O2/c1-22-19(25)16-12-15(9-10-17(16)21)23-20(26)18-8-5-11-24(18)13-14-6-3-2-4-7-14/h2-4,6-7,9-10,12,18H,5,8,11,13H2,1H3,(H,22,25)(H,23,26). The highest BCUT2D eigenvalue weighted by atomic mass is 35.5. The van der Waals surface area contributed by atoms with Crippen LogP contribution in [0.2, 0.25) is 5.02 Å². The van der Waals surface area contributed by atoms with E-state index in [2.05, 4.69) is 27.7 Å². The fourth-order valence-electron chi connectivity index (χ4n) is 3.27. The lowest BCUT2D eigenvalue weighted by Gasteiger charge is -2.24. The Bertz CT molecular complexity index is 795. The van der Waals surface area contributed by atoms with Crippen LogP contribution in [-0.2, 0) is 11.3 Å². The molecule has 1 heterocycles. The van der Waals surface area contributed by atoms with E-state index < -0.39 is 0 Å². The van der Waals surface area contributed by atoms with Crippen LogP contribution in [0.3, 0.4) is 0 Å². The number of amides is 2. The molecule has 0 bridgehead atoms. The van der Waals surface area contributed by atoms with Crippen LogP contribution >= 0.6 is 11.6 Å². The molecule has 1 aliphatic heterocycles. The summed E-state index contributed by atoms with van der Waals surface area (Å²) in [5.41, 5.74) is 2.12. The normalized spacial score (nSPS) is 17.1. The SMILES string of the molecule is CNC(=O)c1cc(NC(=O)C2CCCN2Cc2ccccc2)ccc1Cl. The largest absolute Gasteiger partial charge is 0.355 e. The van der Waals surface area contributed by atoms with Gasteiger partial charge in [0.1, 0.15) is 0 Å². The molecule has 1 atom stereocenters. The third kappa shape index (κ3) is 4.23. The Morgan fingerprint density at radius 3 is 2.69 bits per heavy atom. The van der Waals surface area contributed by atoms with Gasteiger partial charge in [-0.3, -0.25) is 14.5 Å². The van der Waals surface area contributed by atoms with Crippen LogP contribution in [0.1, 0.15) is 28.8 Å². The van der Waals surface area contributed by atoms with Gasteiger partial charge in [0.05, 0.1) is 16.6 Å². The monoisotopic (exact) mass is 371 g/mol. The van der Waals surface area contributed by atoms with Crippen molar-refractivity contribution >= 4 is 29.1 Å². The Balaban J connectivity index is 1.70. The predicted octanol–water partition coefficient (Wildman–Crippen LogP) is 3.30. The zero-order valence-corrected chi connectivity index (χ0v) is 15.4. The topological polar surface area (TPSA) is 61.4 Å². The molecule has 136 valence electrons. The van der Waals surface area contributed by atoms with Crippen molar-refractivity contribution in [3.63, 3.8) is 0 Å². The molecule has 0 aliphatic carbocycles. The molecule has 6 heteroatoms. The second-order valence-electron chi connectivity index (χ2n) is 6.38. The lowest BCUT2D eigenvalue weighted by Crippen LogP contribution is -2.39. The van der Waals surface area contributed by atoms with Gasteiger partial charge in [0.15, 0.2) is 0 Å². The van der Waals surface area contributed by atoms with Crippen molar-refractivity contribution in [3.05, 3.63) is 64.7 Å². The van der Waals surface area contributed by atoms with Crippen LogP contribution in [0.15, 0.2) is 48.5 Å². The third-order valence-corrected chi connectivity index (χ3v) is 4.93. The average molecular weight is 372 g/mol. The van der Waals surface area contributed by atoms with Crippen LogP contribution < -0.4 is 10.6 Å². The molecule has 1 fully saturated rings. The average Bonchev–Trinajstić information content (AvgIpc) is 3.11. The Kier molecular flexibility index (Phi) is 5.91. The number of hydrogen-bond acceptors (Lipinski definition) is 3. The lowest BCUT2D eigenvalue weighted by atomic mass is 10.1. The molecule has 2 aromatic carbocycles. The van der Waals surface area contributed by atoms with Crippen molar-refractivity contribution in [2.75, 3.05) is 18.9 Å². The molecule has 0 saturated carbocycles. The van der Waals surface area contributed by atoms with Crippen molar-refractivity contribution in [3.8, 4) is 0 Å². The van der Waals surface area contributed by atoms with E-state index in [-0.39, 0.29) is 17.9 Å².